The molecular formula is C14H18BrN3. The van der Waals surface area contributed by atoms with Crippen LogP contribution in [0.4, 0.5) is 5.69 Å². The summed E-state index contributed by atoms with van der Waals surface area (Å²) in [6, 6.07) is 10.9. The first-order valence-electron chi connectivity index (χ1n) is 6.30. The van der Waals surface area contributed by atoms with Gasteiger partial charge < -0.3 is 10.2 Å². The van der Waals surface area contributed by atoms with Crippen molar-refractivity contribution in [1.29, 1.82) is 5.26 Å². The highest BCUT2D eigenvalue weighted by Gasteiger charge is 2.21. The number of rotatable bonds is 2. The monoisotopic (exact) mass is 307 g/mol. The highest BCUT2D eigenvalue weighted by atomic mass is 79.9. The maximum atomic E-state index is 8.86. The third-order valence-electron chi connectivity index (χ3n) is 3.24. The van der Waals surface area contributed by atoms with Crippen molar-refractivity contribution < 1.29 is 0 Å². The van der Waals surface area contributed by atoms with Crippen LogP contribution in [0.1, 0.15) is 13.3 Å². The van der Waals surface area contributed by atoms with Crippen LogP contribution in [0.5, 0.6) is 0 Å². The number of hydrogen-bond donors (Lipinski definition) is 1. The molecule has 18 heavy (non-hydrogen) atoms. The van der Waals surface area contributed by atoms with Crippen molar-refractivity contribution >= 4 is 21.6 Å². The van der Waals surface area contributed by atoms with E-state index in [1.165, 1.54) is 5.69 Å². The molecule has 1 saturated heterocycles. The summed E-state index contributed by atoms with van der Waals surface area (Å²) in [5.74, 6) is 0.590. The fourth-order valence-electron chi connectivity index (χ4n) is 2.34. The molecule has 1 aromatic carbocycles. The Bertz CT molecular complexity index is 441. The summed E-state index contributed by atoms with van der Waals surface area (Å²) in [7, 11) is 0. The third kappa shape index (κ3) is 3.47. The summed E-state index contributed by atoms with van der Waals surface area (Å²) in [4.78, 5) is 2.37. The number of hydrogen-bond acceptors (Lipinski definition) is 3. The van der Waals surface area contributed by atoms with Crippen LogP contribution in [0.2, 0.25) is 0 Å². The Morgan fingerprint density at radius 1 is 1.50 bits per heavy atom. The molecule has 1 aromatic rings. The van der Waals surface area contributed by atoms with Crippen LogP contribution in [0, 0.1) is 17.2 Å². The lowest BCUT2D eigenvalue weighted by molar-refractivity contribution is 0.509. The van der Waals surface area contributed by atoms with Gasteiger partial charge in [-0.25, -0.2) is 0 Å². The van der Waals surface area contributed by atoms with E-state index in [0.717, 1.165) is 24.1 Å². The highest BCUT2D eigenvalue weighted by molar-refractivity contribution is 9.10. The Hall–Kier alpha value is -1.05. The van der Waals surface area contributed by atoms with Crippen LogP contribution < -0.4 is 10.2 Å². The van der Waals surface area contributed by atoms with E-state index in [4.69, 9.17) is 5.26 Å². The molecule has 2 unspecified atom stereocenters. The zero-order valence-corrected chi connectivity index (χ0v) is 12.2. The molecule has 0 saturated carbocycles. The van der Waals surface area contributed by atoms with Gasteiger partial charge in [-0.2, -0.15) is 5.26 Å². The van der Waals surface area contributed by atoms with Crippen LogP contribution in [0.25, 0.3) is 0 Å². The second-order valence-corrected chi connectivity index (χ2v) is 5.87. The summed E-state index contributed by atoms with van der Waals surface area (Å²) >= 11 is 3.51. The predicted octanol–water partition coefficient (Wildman–Crippen LogP) is 2.78. The number of benzene rings is 1. The van der Waals surface area contributed by atoms with Crippen molar-refractivity contribution in [3.63, 3.8) is 0 Å². The first-order chi connectivity index (χ1) is 8.69. The quantitative estimate of drug-likeness (QED) is 0.913. The lowest BCUT2D eigenvalue weighted by Gasteiger charge is -2.26. The van der Waals surface area contributed by atoms with Gasteiger partial charge >= 0.3 is 0 Å². The second kappa shape index (κ2) is 6.21. The minimum Gasteiger partial charge on any atom is -0.370 e. The fourth-order valence-corrected chi connectivity index (χ4v) is 2.73. The third-order valence-corrected chi connectivity index (χ3v) is 3.73. The Labute approximate surface area is 117 Å². The van der Waals surface area contributed by atoms with E-state index in [1.807, 2.05) is 6.07 Å². The number of anilines is 1. The first kappa shape index (κ1) is 13.4. The topological polar surface area (TPSA) is 39.1 Å². The molecule has 4 heteroatoms. The number of halogens is 1. The van der Waals surface area contributed by atoms with Gasteiger partial charge in [0.05, 0.1) is 12.5 Å². The van der Waals surface area contributed by atoms with Gasteiger partial charge in [0.2, 0.25) is 0 Å². The van der Waals surface area contributed by atoms with Crippen molar-refractivity contribution in [2.24, 2.45) is 5.92 Å². The van der Waals surface area contributed by atoms with E-state index in [-0.39, 0.29) is 6.04 Å². The van der Waals surface area contributed by atoms with Crippen LogP contribution in [0.15, 0.2) is 28.7 Å². The van der Waals surface area contributed by atoms with Gasteiger partial charge in [0.1, 0.15) is 0 Å². The minimum absolute atomic E-state index is 0.263. The fraction of sp³-hybridized carbons (Fsp3) is 0.500. The number of nitrogens with zero attached hydrogens (tertiary/aromatic N) is 2. The number of nitrogens with one attached hydrogen (secondary N) is 1. The molecule has 1 aliphatic rings. The van der Waals surface area contributed by atoms with Crippen molar-refractivity contribution in [3.05, 3.63) is 28.7 Å². The molecule has 2 atom stereocenters. The molecule has 0 radical (unpaired) electrons. The van der Waals surface area contributed by atoms with Gasteiger partial charge in [0.25, 0.3) is 0 Å². The SMILES string of the molecule is CC1CNC(CC#N)CN(c2cccc(Br)c2)C1. The lowest BCUT2D eigenvalue weighted by atomic mass is 10.1. The number of nitriles is 1. The van der Waals surface area contributed by atoms with Gasteiger partial charge in [0, 0.05) is 29.3 Å². The van der Waals surface area contributed by atoms with Gasteiger partial charge in [0.15, 0.2) is 0 Å². The zero-order valence-electron chi connectivity index (χ0n) is 10.6. The van der Waals surface area contributed by atoms with Crippen molar-refractivity contribution in [2.75, 3.05) is 24.5 Å². The zero-order chi connectivity index (χ0) is 13.0. The lowest BCUT2D eigenvalue weighted by Crippen LogP contribution is -2.37. The Morgan fingerprint density at radius 2 is 2.33 bits per heavy atom. The Kier molecular flexibility index (Phi) is 4.62. The van der Waals surface area contributed by atoms with Crippen molar-refractivity contribution in [2.45, 2.75) is 19.4 Å². The van der Waals surface area contributed by atoms with E-state index in [1.54, 1.807) is 0 Å². The molecule has 1 fully saturated rings. The maximum absolute atomic E-state index is 8.86. The van der Waals surface area contributed by atoms with E-state index >= 15 is 0 Å². The second-order valence-electron chi connectivity index (χ2n) is 4.96. The molecule has 0 aliphatic carbocycles. The van der Waals surface area contributed by atoms with E-state index < -0.39 is 0 Å². The average molecular weight is 308 g/mol. The largest absolute Gasteiger partial charge is 0.370 e. The van der Waals surface area contributed by atoms with Gasteiger partial charge in [-0.15, -0.1) is 0 Å². The first-order valence-corrected chi connectivity index (χ1v) is 7.09. The summed E-state index contributed by atoms with van der Waals surface area (Å²) in [5.41, 5.74) is 1.22. The van der Waals surface area contributed by atoms with Gasteiger partial charge in [-0.3, -0.25) is 0 Å². The highest BCUT2D eigenvalue weighted by Crippen LogP contribution is 2.22. The van der Waals surface area contributed by atoms with E-state index in [2.05, 4.69) is 57.3 Å². The molecule has 0 bridgehead atoms. The van der Waals surface area contributed by atoms with Crippen LogP contribution in [0.3, 0.4) is 0 Å². The van der Waals surface area contributed by atoms with Crippen molar-refractivity contribution in [3.8, 4) is 6.07 Å². The van der Waals surface area contributed by atoms with Gasteiger partial charge in [-0.05, 0) is 30.7 Å². The molecule has 1 heterocycles. The molecule has 3 nitrogen and oxygen atoms in total. The minimum atomic E-state index is 0.263. The predicted molar refractivity (Wildman–Crippen MR) is 77.5 cm³/mol. The molecule has 0 aromatic heterocycles. The average Bonchev–Trinajstić information content (AvgIpc) is 2.52. The van der Waals surface area contributed by atoms with Crippen LogP contribution in [-0.2, 0) is 0 Å². The van der Waals surface area contributed by atoms with E-state index in [0.29, 0.717) is 12.3 Å². The summed E-state index contributed by atoms with van der Waals surface area (Å²) in [6.45, 7) is 5.16. The summed E-state index contributed by atoms with van der Waals surface area (Å²) < 4.78 is 1.10. The van der Waals surface area contributed by atoms with Crippen molar-refractivity contribution in [1.82, 2.24) is 5.32 Å². The molecule has 2 rings (SSSR count). The molecule has 0 amide bonds. The molecule has 1 aliphatic heterocycles. The summed E-state index contributed by atoms with van der Waals surface area (Å²) in [5, 5.41) is 12.3. The molecule has 1 N–H and O–H groups in total. The molecule has 0 spiro atoms. The van der Waals surface area contributed by atoms with Crippen LogP contribution >= 0.6 is 15.9 Å². The molecular weight excluding hydrogens is 290 g/mol. The Balaban J connectivity index is 2.16. The van der Waals surface area contributed by atoms with E-state index in [9.17, 15) is 0 Å². The summed E-state index contributed by atoms with van der Waals surface area (Å²) in [6.07, 6.45) is 0.567. The van der Waals surface area contributed by atoms with Gasteiger partial charge in [-0.1, -0.05) is 28.9 Å². The normalized spacial score (nSPS) is 24.4. The standard InChI is InChI=1S/C14H18BrN3/c1-11-8-17-13(5-6-16)10-18(9-11)14-4-2-3-12(15)7-14/h2-4,7,11,13,17H,5,8-10H2,1H3. The smallest absolute Gasteiger partial charge is 0.0638 e. The molecule has 96 valence electrons. The Morgan fingerprint density at radius 3 is 3.06 bits per heavy atom. The van der Waals surface area contributed by atoms with Crippen LogP contribution in [-0.4, -0.2) is 25.7 Å². The maximum Gasteiger partial charge on any atom is 0.0638 e.